The van der Waals surface area contributed by atoms with E-state index in [9.17, 15) is 9.59 Å². The Labute approximate surface area is 188 Å². The molecule has 0 aliphatic heterocycles. The number of esters is 1. The number of nitrogens with two attached hydrogens (primary N) is 1. The molecule has 0 bridgehead atoms. The van der Waals surface area contributed by atoms with Gasteiger partial charge in [-0.25, -0.2) is 4.79 Å². The van der Waals surface area contributed by atoms with E-state index in [0.717, 1.165) is 18.7 Å². The number of aromatic nitrogens is 1. The third kappa shape index (κ3) is 4.89. The number of fused-ring (bicyclic) bond motifs is 1. The van der Waals surface area contributed by atoms with Crippen molar-refractivity contribution in [2.24, 2.45) is 0 Å². The summed E-state index contributed by atoms with van der Waals surface area (Å²) >= 11 is 0. The van der Waals surface area contributed by atoms with E-state index in [2.05, 4.69) is 29.0 Å². The van der Waals surface area contributed by atoms with Gasteiger partial charge in [-0.05, 0) is 56.8 Å². The van der Waals surface area contributed by atoms with Crippen molar-refractivity contribution >= 4 is 34.2 Å². The summed E-state index contributed by atoms with van der Waals surface area (Å²) < 4.78 is 5.12. The molecule has 0 unspecified atom stereocenters. The number of nitrogen functional groups attached to an aromatic ring is 1. The Morgan fingerprint density at radius 2 is 1.81 bits per heavy atom. The molecule has 2 aromatic carbocycles. The number of carbonyl (C=O) groups is 2. The number of amides is 1. The van der Waals surface area contributed by atoms with E-state index in [-0.39, 0.29) is 18.1 Å². The number of nitrogens with zero attached hydrogens (tertiary/aromatic N) is 2. The van der Waals surface area contributed by atoms with E-state index >= 15 is 0 Å². The van der Waals surface area contributed by atoms with Crippen LogP contribution in [0.5, 0.6) is 0 Å². The molecule has 3 N–H and O–H groups in total. The van der Waals surface area contributed by atoms with Crippen molar-refractivity contribution in [3.8, 4) is 0 Å². The van der Waals surface area contributed by atoms with Gasteiger partial charge in [-0.15, -0.1) is 0 Å². The number of anilines is 2. The number of ether oxygens (including phenoxy) is 1. The molecule has 3 aromatic rings. The summed E-state index contributed by atoms with van der Waals surface area (Å²) in [5, 5.41) is 3.55. The first-order valence-electron chi connectivity index (χ1n) is 10.9. The van der Waals surface area contributed by atoms with Crippen LogP contribution in [0.25, 0.3) is 10.9 Å². The Morgan fingerprint density at radius 1 is 1.09 bits per heavy atom. The molecule has 7 heteroatoms. The largest absolute Gasteiger partial charge is 0.462 e. The van der Waals surface area contributed by atoms with Crippen LogP contribution in [-0.4, -0.2) is 41.5 Å². The number of nitrogens with one attached hydrogen (secondary N) is 1. The summed E-state index contributed by atoms with van der Waals surface area (Å²) in [7, 11) is 0. The molecule has 0 radical (unpaired) electrons. The summed E-state index contributed by atoms with van der Waals surface area (Å²) in [5.41, 5.74) is 10.2. The second-order valence-electron chi connectivity index (χ2n) is 7.51. The molecule has 0 aliphatic rings. The summed E-state index contributed by atoms with van der Waals surface area (Å²) in [6, 6.07) is 12.9. The third-order valence-corrected chi connectivity index (χ3v) is 5.49. The van der Waals surface area contributed by atoms with Crippen LogP contribution in [0.3, 0.4) is 0 Å². The van der Waals surface area contributed by atoms with Crippen LogP contribution in [-0.2, 0) is 11.3 Å². The van der Waals surface area contributed by atoms with Crippen LogP contribution >= 0.6 is 0 Å². The topological polar surface area (TPSA) is 97.5 Å². The molecule has 7 nitrogen and oxygen atoms in total. The summed E-state index contributed by atoms with van der Waals surface area (Å²) in [5.74, 6) is -0.701. The number of benzene rings is 2. The van der Waals surface area contributed by atoms with Gasteiger partial charge in [0.15, 0.2) is 0 Å². The second kappa shape index (κ2) is 10.2. The fraction of sp³-hybridized carbons (Fsp3) is 0.320. The lowest BCUT2D eigenvalue weighted by Crippen LogP contribution is -2.24. The molecule has 168 valence electrons. The third-order valence-electron chi connectivity index (χ3n) is 5.49. The second-order valence-corrected chi connectivity index (χ2v) is 7.51. The summed E-state index contributed by atoms with van der Waals surface area (Å²) in [6.45, 7) is 10.4. The quantitative estimate of drug-likeness (QED) is 0.510. The van der Waals surface area contributed by atoms with Gasteiger partial charge in [0.1, 0.15) is 5.56 Å². The highest BCUT2D eigenvalue weighted by molar-refractivity contribution is 6.09. The minimum Gasteiger partial charge on any atom is -0.462 e. The van der Waals surface area contributed by atoms with Gasteiger partial charge in [-0.1, -0.05) is 32.0 Å². The lowest BCUT2D eigenvalue weighted by atomic mass is 10.0. The molecule has 0 fully saturated rings. The highest BCUT2D eigenvalue weighted by Crippen LogP contribution is 2.29. The van der Waals surface area contributed by atoms with Crippen molar-refractivity contribution < 1.29 is 14.3 Å². The van der Waals surface area contributed by atoms with Crippen LogP contribution in [0.1, 0.15) is 52.7 Å². The summed E-state index contributed by atoms with van der Waals surface area (Å²) in [4.78, 5) is 32.2. The van der Waals surface area contributed by atoms with Crippen molar-refractivity contribution in [1.29, 1.82) is 0 Å². The molecular formula is C25H30N4O3. The molecule has 1 aromatic heterocycles. The predicted octanol–water partition coefficient (Wildman–Crippen LogP) is 4.40. The molecule has 32 heavy (non-hydrogen) atoms. The van der Waals surface area contributed by atoms with E-state index in [1.54, 1.807) is 32.0 Å². The van der Waals surface area contributed by atoms with Gasteiger partial charge in [0.2, 0.25) is 0 Å². The highest BCUT2D eigenvalue weighted by Gasteiger charge is 2.19. The van der Waals surface area contributed by atoms with Gasteiger partial charge < -0.3 is 15.8 Å². The first-order chi connectivity index (χ1) is 15.4. The maximum Gasteiger partial charge on any atom is 0.342 e. The maximum absolute atomic E-state index is 13.1. The van der Waals surface area contributed by atoms with Gasteiger partial charge in [-0.2, -0.15) is 0 Å². The molecular weight excluding hydrogens is 404 g/mol. The molecule has 0 spiro atoms. The maximum atomic E-state index is 13.1. The molecule has 1 heterocycles. The van der Waals surface area contributed by atoms with Gasteiger partial charge in [-0.3, -0.25) is 14.7 Å². The molecule has 0 atom stereocenters. The molecule has 0 saturated carbocycles. The Bertz CT molecular complexity index is 1140. The van der Waals surface area contributed by atoms with Crippen molar-refractivity contribution in [3.05, 3.63) is 64.8 Å². The van der Waals surface area contributed by atoms with Crippen molar-refractivity contribution in [3.63, 3.8) is 0 Å². The highest BCUT2D eigenvalue weighted by atomic mass is 16.5. The molecule has 3 rings (SSSR count). The first kappa shape index (κ1) is 23.2. The Kier molecular flexibility index (Phi) is 7.43. The minimum absolute atomic E-state index is 0.198. The minimum atomic E-state index is -0.503. The number of aryl methyl sites for hydroxylation is 1. The molecule has 1 amide bonds. The number of hydrogen-bond donors (Lipinski definition) is 2. The zero-order chi connectivity index (χ0) is 23.3. The lowest BCUT2D eigenvalue weighted by molar-refractivity contribution is 0.0526. The average molecular weight is 435 g/mol. The van der Waals surface area contributed by atoms with E-state index in [1.165, 1.54) is 0 Å². The number of pyridine rings is 1. The van der Waals surface area contributed by atoms with E-state index in [4.69, 9.17) is 10.5 Å². The molecule has 0 saturated heterocycles. The molecule has 0 aliphatic carbocycles. The normalized spacial score (nSPS) is 11.0. The standard InChI is InChI=1S/C25H30N4O3/c1-5-29(6-2)15-17-10-8-9-11-19(17)24(30)28-18-12-13-21-20(14-18)23(26)22(16(4)27-21)25(31)32-7-3/h8-14H,5-7,15H2,1-4H3,(H2,26,27)(H,28,30). The Balaban J connectivity index is 1.93. The van der Waals surface area contributed by atoms with Crippen molar-refractivity contribution in [2.45, 2.75) is 34.2 Å². The van der Waals surface area contributed by atoms with E-state index in [1.807, 2.05) is 24.3 Å². The first-order valence-corrected chi connectivity index (χ1v) is 10.9. The van der Waals surface area contributed by atoms with Crippen LogP contribution in [0.2, 0.25) is 0 Å². The van der Waals surface area contributed by atoms with Gasteiger partial charge in [0.25, 0.3) is 5.91 Å². The van der Waals surface area contributed by atoms with Crippen molar-refractivity contribution in [1.82, 2.24) is 9.88 Å². The number of rotatable bonds is 8. The van der Waals surface area contributed by atoms with Crippen LogP contribution in [0.15, 0.2) is 42.5 Å². The lowest BCUT2D eigenvalue weighted by Gasteiger charge is -2.20. The predicted molar refractivity (Wildman–Crippen MR) is 128 cm³/mol. The summed E-state index contributed by atoms with van der Waals surface area (Å²) in [6.07, 6.45) is 0. The number of carbonyl (C=O) groups excluding carboxylic acids is 2. The van der Waals surface area contributed by atoms with Crippen LogP contribution in [0.4, 0.5) is 11.4 Å². The van der Waals surface area contributed by atoms with Gasteiger partial charge in [0, 0.05) is 23.2 Å². The van der Waals surface area contributed by atoms with Gasteiger partial charge >= 0.3 is 5.97 Å². The monoisotopic (exact) mass is 434 g/mol. The van der Waals surface area contributed by atoms with Gasteiger partial charge in [0.05, 0.1) is 23.5 Å². The Morgan fingerprint density at radius 3 is 2.50 bits per heavy atom. The van der Waals surface area contributed by atoms with Crippen LogP contribution < -0.4 is 11.1 Å². The Hall–Kier alpha value is -3.45. The zero-order valence-electron chi connectivity index (χ0n) is 19.1. The zero-order valence-corrected chi connectivity index (χ0v) is 19.1. The number of hydrogen-bond acceptors (Lipinski definition) is 6. The fourth-order valence-corrected chi connectivity index (χ4v) is 3.72. The average Bonchev–Trinajstić information content (AvgIpc) is 2.78. The fourth-order valence-electron chi connectivity index (χ4n) is 3.72. The van der Waals surface area contributed by atoms with Crippen LogP contribution in [0, 0.1) is 6.92 Å². The van der Waals surface area contributed by atoms with Crippen molar-refractivity contribution in [2.75, 3.05) is 30.7 Å². The van der Waals surface area contributed by atoms with E-state index in [0.29, 0.717) is 40.1 Å². The van der Waals surface area contributed by atoms with E-state index < -0.39 is 5.97 Å². The SMILES string of the molecule is CCOC(=O)c1c(C)nc2ccc(NC(=O)c3ccccc3CN(CC)CC)cc2c1N. The smallest absolute Gasteiger partial charge is 0.342 e.